The Balaban J connectivity index is 1.95. The Hall–Kier alpha value is -2.38. The number of anilines is 1. The first-order chi connectivity index (χ1) is 12.2. The minimum Gasteiger partial charge on any atom is -0.347 e. The highest BCUT2D eigenvalue weighted by molar-refractivity contribution is 6.40. The third-order valence-corrected chi connectivity index (χ3v) is 3.94. The first-order valence-electron chi connectivity index (χ1n) is 8.21. The first kappa shape index (κ1) is 19.9. The van der Waals surface area contributed by atoms with E-state index in [1.165, 1.54) is 0 Å². The van der Waals surface area contributed by atoms with E-state index < -0.39 is 11.8 Å². The van der Waals surface area contributed by atoms with Crippen LogP contribution < -0.4 is 10.6 Å². The molecule has 0 bridgehead atoms. The monoisotopic (exact) mass is 377 g/mol. The maximum atomic E-state index is 12.1. The van der Waals surface area contributed by atoms with Crippen LogP contribution in [0.15, 0.2) is 36.7 Å². The third-order valence-electron chi connectivity index (χ3n) is 3.63. The molecule has 0 aliphatic rings. The van der Waals surface area contributed by atoms with Gasteiger partial charge in [0.15, 0.2) is 0 Å². The smallest absolute Gasteiger partial charge is 0.313 e. The molecule has 0 aliphatic carbocycles. The summed E-state index contributed by atoms with van der Waals surface area (Å²) in [6, 6.07) is 6.76. The average molecular weight is 378 g/mol. The highest BCUT2D eigenvalue weighted by Gasteiger charge is 2.22. The predicted molar refractivity (Wildman–Crippen MR) is 103 cm³/mol. The zero-order chi connectivity index (χ0) is 19.3. The number of carbonyl (C=O) groups excluding carboxylic acids is 2. The van der Waals surface area contributed by atoms with Gasteiger partial charge in [0.25, 0.3) is 0 Å². The fraction of sp³-hybridized carbons (Fsp3) is 0.389. The van der Waals surface area contributed by atoms with Crippen molar-refractivity contribution in [2.45, 2.75) is 13.8 Å². The number of nitrogens with one attached hydrogen (secondary N) is 2. The average Bonchev–Trinajstić information content (AvgIpc) is 3.05. The largest absolute Gasteiger partial charge is 0.347 e. The molecule has 0 unspecified atom stereocenters. The molecule has 2 rings (SSSR count). The summed E-state index contributed by atoms with van der Waals surface area (Å²) in [5, 5.41) is 9.76. The van der Waals surface area contributed by atoms with Crippen molar-refractivity contribution in [1.82, 2.24) is 20.0 Å². The van der Waals surface area contributed by atoms with Crippen LogP contribution in [0, 0.1) is 5.41 Å². The molecule has 0 radical (unpaired) electrons. The SMILES string of the molecule is CN(C)CC(C)(C)CNC(=O)C(=O)Nc1ccc(-n2cccn2)c(Cl)c1. The maximum absolute atomic E-state index is 12.1. The van der Waals surface area contributed by atoms with Crippen LogP contribution >= 0.6 is 11.6 Å². The lowest BCUT2D eigenvalue weighted by molar-refractivity contribution is -0.136. The van der Waals surface area contributed by atoms with Crippen molar-refractivity contribution in [3.8, 4) is 5.69 Å². The Bertz CT molecular complexity index is 772. The van der Waals surface area contributed by atoms with Crippen LogP contribution in [0.1, 0.15) is 13.8 Å². The summed E-state index contributed by atoms with van der Waals surface area (Å²) in [7, 11) is 3.93. The van der Waals surface area contributed by atoms with Crippen molar-refractivity contribution in [1.29, 1.82) is 0 Å². The van der Waals surface area contributed by atoms with Gasteiger partial charge in [0.2, 0.25) is 0 Å². The molecule has 0 spiro atoms. The van der Waals surface area contributed by atoms with Crippen LogP contribution in [0.4, 0.5) is 5.69 Å². The fourth-order valence-corrected chi connectivity index (χ4v) is 2.95. The molecule has 1 aromatic heterocycles. The molecular weight excluding hydrogens is 354 g/mol. The zero-order valence-electron chi connectivity index (χ0n) is 15.4. The second-order valence-corrected chi connectivity index (χ2v) is 7.56. The van der Waals surface area contributed by atoms with E-state index in [0.29, 0.717) is 22.9 Å². The molecule has 1 aromatic carbocycles. The van der Waals surface area contributed by atoms with E-state index in [0.717, 1.165) is 6.54 Å². The van der Waals surface area contributed by atoms with Crippen LogP contribution in [0.5, 0.6) is 0 Å². The van der Waals surface area contributed by atoms with Crippen LogP contribution in [0.25, 0.3) is 5.69 Å². The summed E-state index contributed by atoms with van der Waals surface area (Å²) in [6.45, 7) is 5.24. The van der Waals surface area contributed by atoms with Crippen molar-refractivity contribution < 1.29 is 9.59 Å². The standard InChI is InChI=1S/C18H24ClN5O2/c1-18(2,12-23(3)4)11-20-16(25)17(26)22-13-6-7-15(14(19)10-13)24-9-5-8-21-24/h5-10H,11-12H2,1-4H3,(H,20,25)(H,22,26). The second-order valence-electron chi connectivity index (χ2n) is 7.16. The number of aromatic nitrogens is 2. The van der Waals surface area contributed by atoms with E-state index in [9.17, 15) is 9.59 Å². The van der Waals surface area contributed by atoms with Gasteiger partial charge in [0, 0.05) is 31.2 Å². The van der Waals surface area contributed by atoms with E-state index in [-0.39, 0.29) is 5.41 Å². The Labute approximate surface area is 158 Å². The summed E-state index contributed by atoms with van der Waals surface area (Å²) in [5.41, 5.74) is 0.983. The van der Waals surface area contributed by atoms with E-state index in [2.05, 4.69) is 15.7 Å². The lowest BCUT2D eigenvalue weighted by Crippen LogP contribution is -2.43. The van der Waals surface area contributed by atoms with Gasteiger partial charge >= 0.3 is 11.8 Å². The molecule has 2 amide bonds. The van der Waals surface area contributed by atoms with Gasteiger partial charge in [-0.1, -0.05) is 25.4 Å². The number of amides is 2. The Morgan fingerprint density at radius 3 is 2.58 bits per heavy atom. The molecule has 0 saturated carbocycles. The lowest BCUT2D eigenvalue weighted by Gasteiger charge is -2.28. The zero-order valence-corrected chi connectivity index (χ0v) is 16.2. The van der Waals surface area contributed by atoms with Crippen molar-refractivity contribution in [2.24, 2.45) is 5.41 Å². The summed E-state index contributed by atoms with van der Waals surface area (Å²) < 4.78 is 1.62. The molecule has 7 nitrogen and oxygen atoms in total. The van der Waals surface area contributed by atoms with Crippen LogP contribution in [-0.4, -0.2) is 53.7 Å². The first-order valence-corrected chi connectivity index (χ1v) is 8.59. The molecule has 2 N–H and O–H groups in total. The van der Waals surface area contributed by atoms with Gasteiger partial charge in [-0.15, -0.1) is 0 Å². The highest BCUT2D eigenvalue weighted by Crippen LogP contribution is 2.23. The molecule has 2 aromatic rings. The number of nitrogens with zero attached hydrogens (tertiary/aromatic N) is 3. The number of hydrogen-bond acceptors (Lipinski definition) is 4. The summed E-state index contributed by atoms with van der Waals surface area (Å²) in [6.07, 6.45) is 3.41. The Morgan fingerprint density at radius 1 is 1.27 bits per heavy atom. The van der Waals surface area contributed by atoms with Gasteiger partial charge < -0.3 is 15.5 Å². The summed E-state index contributed by atoms with van der Waals surface area (Å²) in [5.74, 6) is -1.40. The van der Waals surface area contributed by atoms with Crippen molar-refractivity contribution in [3.63, 3.8) is 0 Å². The van der Waals surface area contributed by atoms with Crippen molar-refractivity contribution in [2.75, 3.05) is 32.5 Å². The van der Waals surface area contributed by atoms with Gasteiger partial charge in [0.1, 0.15) is 0 Å². The molecule has 1 heterocycles. The minimum absolute atomic E-state index is 0.145. The maximum Gasteiger partial charge on any atom is 0.313 e. The molecule has 140 valence electrons. The lowest BCUT2D eigenvalue weighted by atomic mass is 9.93. The van der Waals surface area contributed by atoms with Crippen LogP contribution in [0.2, 0.25) is 5.02 Å². The number of halogens is 1. The number of benzene rings is 1. The molecule has 0 aliphatic heterocycles. The van der Waals surface area contributed by atoms with Gasteiger partial charge in [-0.05, 0) is 43.8 Å². The van der Waals surface area contributed by atoms with E-state index >= 15 is 0 Å². The van der Waals surface area contributed by atoms with Crippen molar-refractivity contribution in [3.05, 3.63) is 41.7 Å². The molecule has 26 heavy (non-hydrogen) atoms. The van der Waals surface area contributed by atoms with Crippen LogP contribution in [-0.2, 0) is 9.59 Å². The van der Waals surface area contributed by atoms with Crippen LogP contribution in [0.3, 0.4) is 0 Å². The topological polar surface area (TPSA) is 79.3 Å². The van der Waals surface area contributed by atoms with Gasteiger partial charge in [0.05, 0.1) is 10.7 Å². The minimum atomic E-state index is -0.728. The van der Waals surface area contributed by atoms with Gasteiger partial charge in [-0.3, -0.25) is 9.59 Å². The molecule has 0 fully saturated rings. The van der Waals surface area contributed by atoms with E-state index in [1.807, 2.05) is 32.8 Å². The summed E-state index contributed by atoms with van der Waals surface area (Å²) >= 11 is 6.24. The van der Waals surface area contributed by atoms with Gasteiger partial charge in [-0.25, -0.2) is 4.68 Å². The van der Waals surface area contributed by atoms with Gasteiger partial charge in [-0.2, -0.15) is 5.10 Å². The van der Waals surface area contributed by atoms with E-state index in [1.54, 1.807) is 41.3 Å². The predicted octanol–water partition coefficient (Wildman–Crippen LogP) is 2.17. The second kappa shape index (κ2) is 8.33. The van der Waals surface area contributed by atoms with Crippen molar-refractivity contribution >= 4 is 29.1 Å². The fourth-order valence-electron chi connectivity index (χ4n) is 2.68. The normalized spacial score (nSPS) is 11.5. The molecule has 0 saturated heterocycles. The summed E-state index contributed by atoms with van der Waals surface area (Å²) in [4.78, 5) is 26.2. The number of hydrogen-bond donors (Lipinski definition) is 2. The number of rotatable bonds is 6. The quantitative estimate of drug-likeness (QED) is 0.756. The van der Waals surface area contributed by atoms with E-state index in [4.69, 9.17) is 11.6 Å². The number of carbonyl (C=O) groups is 2. The Kier molecular flexibility index (Phi) is 6.39. The molecule has 0 atom stereocenters. The Morgan fingerprint density at radius 2 is 2.00 bits per heavy atom. The third kappa shape index (κ3) is 5.57. The molecular formula is C18H24ClN5O2. The molecule has 8 heteroatoms. The highest BCUT2D eigenvalue weighted by atomic mass is 35.5.